The molecule has 0 saturated carbocycles. The maximum atomic E-state index is 3.79. The molecule has 4 saturated heterocycles. The Labute approximate surface area is 124 Å². The van der Waals surface area contributed by atoms with E-state index in [1.165, 1.54) is 84.1 Å². The van der Waals surface area contributed by atoms with Crippen molar-refractivity contribution in [3.8, 4) is 0 Å². The monoisotopic (exact) mass is 277 g/mol. The molecule has 1 N–H and O–H groups in total. The predicted molar refractivity (Wildman–Crippen MR) is 82.9 cm³/mol. The van der Waals surface area contributed by atoms with E-state index in [9.17, 15) is 0 Å². The molecule has 4 fully saturated rings. The first-order chi connectivity index (χ1) is 9.88. The fourth-order valence-corrected chi connectivity index (χ4v) is 5.22. The molecule has 0 amide bonds. The number of rotatable bonds is 3. The lowest BCUT2D eigenvalue weighted by atomic mass is 9.88. The molecule has 0 aromatic rings. The van der Waals surface area contributed by atoms with Crippen molar-refractivity contribution < 1.29 is 0 Å². The van der Waals surface area contributed by atoms with Crippen LogP contribution in [0.1, 0.15) is 51.4 Å². The highest BCUT2D eigenvalue weighted by atomic mass is 15.2. The highest BCUT2D eigenvalue weighted by molar-refractivity contribution is 4.98. The number of piperidine rings is 2. The molecule has 0 radical (unpaired) electrons. The molecule has 3 heteroatoms. The fourth-order valence-electron chi connectivity index (χ4n) is 5.22. The van der Waals surface area contributed by atoms with Crippen LogP contribution in [0, 0.1) is 5.92 Å². The molecule has 4 rings (SSSR count). The SMILES string of the molecule is C1CCN(C2CCN(CC3CC4CCC3N4)CC2)CC1. The molecule has 2 bridgehead atoms. The summed E-state index contributed by atoms with van der Waals surface area (Å²) < 4.78 is 0. The minimum Gasteiger partial charge on any atom is -0.311 e. The average Bonchev–Trinajstić information content (AvgIpc) is 3.12. The van der Waals surface area contributed by atoms with Gasteiger partial charge in [0.25, 0.3) is 0 Å². The second kappa shape index (κ2) is 5.94. The third-order valence-electron chi connectivity index (χ3n) is 6.39. The second-order valence-electron chi connectivity index (χ2n) is 7.67. The van der Waals surface area contributed by atoms with Crippen molar-refractivity contribution in [2.45, 2.75) is 69.5 Å². The molecule has 4 aliphatic heterocycles. The van der Waals surface area contributed by atoms with E-state index in [1.54, 1.807) is 0 Å². The van der Waals surface area contributed by atoms with E-state index in [1.807, 2.05) is 0 Å². The van der Waals surface area contributed by atoms with E-state index in [0.717, 1.165) is 24.0 Å². The minimum absolute atomic E-state index is 0.861. The summed E-state index contributed by atoms with van der Waals surface area (Å²) in [6.07, 6.45) is 11.5. The summed E-state index contributed by atoms with van der Waals surface area (Å²) in [6.45, 7) is 6.84. The Hall–Kier alpha value is -0.120. The lowest BCUT2D eigenvalue weighted by Crippen LogP contribution is -2.48. The number of hydrogen-bond donors (Lipinski definition) is 1. The summed E-state index contributed by atoms with van der Waals surface area (Å²) in [5.41, 5.74) is 0. The molecule has 0 spiro atoms. The molecule has 4 heterocycles. The van der Waals surface area contributed by atoms with Crippen molar-refractivity contribution in [3.05, 3.63) is 0 Å². The van der Waals surface area contributed by atoms with Gasteiger partial charge in [-0.15, -0.1) is 0 Å². The Morgan fingerprint density at radius 3 is 2.30 bits per heavy atom. The van der Waals surface area contributed by atoms with Crippen LogP contribution in [0.25, 0.3) is 0 Å². The number of fused-ring (bicyclic) bond motifs is 2. The van der Waals surface area contributed by atoms with Crippen molar-refractivity contribution in [1.29, 1.82) is 0 Å². The topological polar surface area (TPSA) is 18.5 Å². The van der Waals surface area contributed by atoms with Gasteiger partial charge in [-0.25, -0.2) is 0 Å². The van der Waals surface area contributed by atoms with Gasteiger partial charge >= 0.3 is 0 Å². The fraction of sp³-hybridized carbons (Fsp3) is 1.00. The van der Waals surface area contributed by atoms with Crippen molar-refractivity contribution in [2.24, 2.45) is 5.92 Å². The van der Waals surface area contributed by atoms with Crippen LogP contribution >= 0.6 is 0 Å². The highest BCUT2D eigenvalue weighted by Gasteiger charge is 2.39. The van der Waals surface area contributed by atoms with E-state index in [4.69, 9.17) is 0 Å². The van der Waals surface area contributed by atoms with E-state index < -0.39 is 0 Å². The van der Waals surface area contributed by atoms with Crippen molar-refractivity contribution in [1.82, 2.24) is 15.1 Å². The quantitative estimate of drug-likeness (QED) is 0.852. The second-order valence-corrected chi connectivity index (χ2v) is 7.67. The van der Waals surface area contributed by atoms with Crippen molar-refractivity contribution in [3.63, 3.8) is 0 Å². The first-order valence-electron chi connectivity index (χ1n) is 9.11. The van der Waals surface area contributed by atoms with Gasteiger partial charge in [0.2, 0.25) is 0 Å². The first-order valence-corrected chi connectivity index (χ1v) is 9.11. The molecule has 0 aromatic carbocycles. The molecule has 0 aliphatic carbocycles. The number of likely N-dealkylation sites (tertiary alicyclic amines) is 2. The zero-order valence-corrected chi connectivity index (χ0v) is 12.9. The van der Waals surface area contributed by atoms with Crippen LogP contribution in [0.15, 0.2) is 0 Å². The van der Waals surface area contributed by atoms with Gasteiger partial charge in [-0.05, 0) is 77.0 Å². The Kier molecular flexibility index (Phi) is 4.02. The third kappa shape index (κ3) is 2.77. The van der Waals surface area contributed by atoms with Crippen LogP contribution in [0.2, 0.25) is 0 Å². The molecular formula is C17H31N3. The van der Waals surface area contributed by atoms with Crippen molar-refractivity contribution in [2.75, 3.05) is 32.7 Å². The van der Waals surface area contributed by atoms with E-state index in [0.29, 0.717) is 0 Å². The Balaban J connectivity index is 1.23. The molecule has 20 heavy (non-hydrogen) atoms. The molecule has 3 unspecified atom stereocenters. The largest absolute Gasteiger partial charge is 0.311 e. The summed E-state index contributed by atoms with van der Waals surface area (Å²) in [6, 6.07) is 2.64. The molecule has 0 aromatic heterocycles. The van der Waals surface area contributed by atoms with Crippen LogP contribution in [-0.2, 0) is 0 Å². The molecule has 114 valence electrons. The summed E-state index contributed by atoms with van der Waals surface area (Å²) in [4.78, 5) is 5.56. The molecular weight excluding hydrogens is 246 g/mol. The van der Waals surface area contributed by atoms with Crippen LogP contribution in [0.3, 0.4) is 0 Å². The van der Waals surface area contributed by atoms with Crippen LogP contribution in [-0.4, -0.2) is 60.6 Å². The van der Waals surface area contributed by atoms with Gasteiger partial charge in [-0.3, -0.25) is 0 Å². The van der Waals surface area contributed by atoms with Crippen molar-refractivity contribution >= 4 is 0 Å². The van der Waals surface area contributed by atoms with Gasteiger partial charge in [-0.2, -0.15) is 0 Å². The van der Waals surface area contributed by atoms with E-state index in [2.05, 4.69) is 15.1 Å². The summed E-state index contributed by atoms with van der Waals surface area (Å²) in [7, 11) is 0. The summed E-state index contributed by atoms with van der Waals surface area (Å²) >= 11 is 0. The zero-order chi connectivity index (χ0) is 13.4. The molecule has 3 nitrogen and oxygen atoms in total. The minimum atomic E-state index is 0.861. The molecule has 4 aliphatic rings. The van der Waals surface area contributed by atoms with Gasteiger partial charge < -0.3 is 15.1 Å². The van der Waals surface area contributed by atoms with E-state index >= 15 is 0 Å². The van der Waals surface area contributed by atoms with Gasteiger partial charge in [0.1, 0.15) is 0 Å². The highest BCUT2D eigenvalue weighted by Crippen LogP contribution is 2.34. The van der Waals surface area contributed by atoms with Crippen LogP contribution < -0.4 is 5.32 Å². The zero-order valence-electron chi connectivity index (χ0n) is 12.9. The Morgan fingerprint density at radius 1 is 0.850 bits per heavy atom. The summed E-state index contributed by atoms with van der Waals surface area (Å²) in [5.74, 6) is 0.959. The van der Waals surface area contributed by atoms with Gasteiger partial charge in [0.15, 0.2) is 0 Å². The Morgan fingerprint density at radius 2 is 1.65 bits per heavy atom. The standard InChI is InChI=1S/C17H31N3/c1-2-8-20(9-3-1)16-6-10-19(11-7-16)13-14-12-15-4-5-17(14)18-15/h14-18H,1-13H2. The smallest absolute Gasteiger partial charge is 0.0120 e. The number of nitrogens with one attached hydrogen (secondary N) is 1. The van der Waals surface area contributed by atoms with Crippen LogP contribution in [0.5, 0.6) is 0 Å². The third-order valence-corrected chi connectivity index (χ3v) is 6.39. The van der Waals surface area contributed by atoms with Gasteiger partial charge in [0, 0.05) is 24.7 Å². The van der Waals surface area contributed by atoms with Crippen LogP contribution in [0.4, 0.5) is 0 Å². The van der Waals surface area contributed by atoms with E-state index in [-0.39, 0.29) is 0 Å². The molecule has 3 atom stereocenters. The maximum absolute atomic E-state index is 3.79. The lowest BCUT2D eigenvalue weighted by molar-refractivity contribution is 0.0830. The maximum Gasteiger partial charge on any atom is 0.0120 e. The summed E-state index contributed by atoms with van der Waals surface area (Å²) in [5, 5.41) is 3.79. The lowest BCUT2D eigenvalue weighted by Gasteiger charge is -2.41. The first kappa shape index (κ1) is 13.5. The van der Waals surface area contributed by atoms with Gasteiger partial charge in [-0.1, -0.05) is 6.42 Å². The predicted octanol–water partition coefficient (Wildman–Crippen LogP) is 2.08. The van der Waals surface area contributed by atoms with Gasteiger partial charge in [0.05, 0.1) is 0 Å². The number of hydrogen-bond acceptors (Lipinski definition) is 3. The normalized spacial score (nSPS) is 40.5. The average molecular weight is 277 g/mol. The Bertz CT molecular complexity index is 318. The number of nitrogens with zero attached hydrogens (tertiary/aromatic N) is 2.